The Bertz CT molecular complexity index is 601. The summed E-state index contributed by atoms with van der Waals surface area (Å²) in [7, 11) is 1.58. The van der Waals surface area contributed by atoms with Crippen LogP contribution in [0.25, 0.3) is 0 Å². The Balaban J connectivity index is 1.95. The first-order valence-electron chi connectivity index (χ1n) is 5.96. The highest BCUT2D eigenvalue weighted by atomic mass is 19.1. The molecule has 0 aliphatic carbocycles. The number of hydrogen-bond donors (Lipinski definition) is 0. The molecule has 0 radical (unpaired) electrons. The second-order valence-electron chi connectivity index (χ2n) is 3.97. The van der Waals surface area contributed by atoms with Crippen molar-refractivity contribution in [3.8, 4) is 11.5 Å². The second-order valence-corrected chi connectivity index (χ2v) is 3.97. The molecule has 2 rings (SSSR count). The molecular weight excluding hydrogens is 259 g/mol. The minimum atomic E-state index is -0.375. The van der Waals surface area contributed by atoms with Crippen LogP contribution < -0.4 is 9.47 Å². The minimum Gasteiger partial charge on any atom is -0.497 e. The zero-order chi connectivity index (χ0) is 14.4. The number of hydrogen-bond acceptors (Lipinski definition) is 3. The maximum Gasteiger partial charge on any atom is 0.188 e. The van der Waals surface area contributed by atoms with Crippen molar-refractivity contribution < 1.29 is 18.7 Å². The number of halogens is 1. The lowest BCUT2D eigenvalue weighted by molar-refractivity contribution is 0.104. The molecule has 0 bridgehead atoms. The Morgan fingerprint density at radius 2 is 1.60 bits per heavy atom. The molecule has 0 saturated carbocycles. The van der Waals surface area contributed by atoms with E-state index in [1.165, 1.54) is 36.6 Å². The predicted octanol–water partition coefficient (Wildman–Crippen LogP) is 3.61. The number of benzene rings is 2. The molecule has 0 saturated heterocycles. The van der Waals surface area contributed by atoms with Crippen LogP contribution in [0.3, 0.4) is 0 Å². The molecule has 2 aromatic rings. The highest BCUT2D eigenvalue weighted by Gasteiger charge is 2.01. The first-order chi connectivity index (χ1) is 9.69. The Kier molecular flexibility index (Phi) is 4.50. The summed E-state index contributed by atoms with van der Waals surface area (Å²) in [5, 5.41) is 0. The van der Waals surface area contributed by atoms with Gasteiger partial charge in [0, 0.05) is 11.6 Å². The van der Waals surface area contributed by atoms with E-state index in [-0.39, 0.29) is 11.6 Å². The van der Waals surface area contributed by atoms with E-state index < -0.39 is 0 Å². The fourth-order valence-corrected chi connectivity index (χ4v) is 1.54. The summed E-state index contributed by atoms with van der Waals surface area (Å²) in [5.41, 5.74) is 0.404. The normalized spacial score (nSPS) is 10.5. The summed E-state index contributed by atoms with van der Waals surface area (Å²) in [6.07, 6.45) is 2.59. The lowest BCUT2D eigenvalue weighted by Gasteiger charge is -2.02. The van der Waals surface area contributed by atoms with Gasteiger partial charge in [-0.3, -0.25) is 4.79 Å². The van der Waals surface area contributed by atoms with Crippen molar-refractivity contribution in [1.29, 1.82) is 0 Å². The summed E-state index contributed by atoms with van der Waals surface area (Å²) < 4.78 is 23.0. The molecule has 0 unspecified atom stereocenters. The van der Waals surface area contributed by atoms with Gasteiger partial charge in [-0.1, -0.05) is 0 Å². The van der Waals surface area contributed by atoms with Crippen LogP contribution >= 0.6 is 0 Å². The standard InChI is InChI=1S/C16H13FO3/c1-19-14-6-8-15(9-7-14)20-11-10-16(18)12-2-4-13(17)5-3-12/h2-11H,1H3. The highest BCUT2D eigenvalue weighted by Crippen LogP contribution is 2.17. The zero-order valence-electron chi connectivity index (χ0n) is 10.9. The molecule has 0 spiro atoms. The molecule has 0 amide bonds. The van der Waals surface area contributed by atoms with Crippen molar-refractivity contribution in [3.63, 3.8) is 0 Å². The number of rotatable bonds is 5. The van der Waals surface area contributed by atoms with Gasteiger partial charge in [0.25, 0.3) is 0 Å². The van der Waals surface area contributed by atoms with E-state index >= 15 is 0 Å². The van der Waals surface area contributed by atoms with E-state index in [9.17, 15) is 9.18 Å². The van der Waals surface area contributed by atoms with Crippen LogP contribution in [0.5, 0.6) is 11.5 Å². The van der Waals surface area contributed by atoms with Gasteiger partial charge in [-0.15, -0.1) is 0 Å². The van der Waals surface area contributed by atoms with E-state index in [2.05, 4.69) is 0 Å². The monoisotopic (exact) mass is 272 g/mol. The summed E-state index contributed by atoms with van der Waals surface area (Å²) in [6.45, 7) is 0. The van der Waals surface area contributed by atoms with Crippen molar-refractivity contribution in [2.24, 2.45) is 0 Å². The van der Waals surface area contributed by atoms with E-state index in [0.29, 0.717) is 11.3 Å². The van der Waals surface area contributed by atoms with Crippen molar-refractivity contribution in [3.05, 3.63) is 72.2 Å². The average molecular weight is 272 g/mol. The van der Waals surface area contributed by atoms with Gasteiger partial charge < -0.3 is 9.47 Å². The fourth-order valence-electron chi connectivity index (χ4n) is 1.54. The minimum absolute atomic E-state index is 0.251. The highest BCUT2D eigenvalue weighted by molar-refractivity contribution is 6.04. The van der Waals surface area contributed by atoms with Crippen LogP contribution in [0.1, 0.15) is 10.4 Å². The van der Waals surface area contributed by atoms with Gasteiger partial charge in [0.2, 0.25) is 0 Å². The molecule has 4 heteroatoms. The van der Waals surface area contributed by atoms with Gasteiger partial charge in [-0.05, 0) is 48.5 Å². The third-order valence-corrected chi connectivity index (χ3v) is 2.61. The first-order valence-corrected chi connectivity index (χ1v) is 5.96. The van der Waals surface area contributed by atoms with Crippen molar-refractivity contribution in [1.82, 2.24) is 0 Å². The van der Waals surface area contributed by atoms with E-state index in [0.717, 1.165) is 5.75 Å². The van der Waals surface area contributed by atoms with Crippen molar-refractivity contribution in [2.45, 2.75) is 0 Å². The van der Waals surface area contributed by atoms with Crippen LogP contribution in [-0.4, -0.2) is 12.9 Å². The first kappa shape index (κ1) is 13.8. The molecule has 0 heterocycles. The van der Waals surface area contributed by atoms with E-state index in [1.807, 2.05) is 0 Å². The van der Waals surface area contributed by atoms with Crippen LogP contribution in [0, 0.1) is 5.82 Å². The average Bonchev–Trinajstić information content (AvgIpc) is 2.48. The maximum absolute atomic E-state index is 12.7. The van der Waals surface area contributed by atoms with Crippen LogP contribution in [0.4, 0.5) is 4.39 Å². The molecule has 0 aromatic heterocycles. The Morgan fingerprint density at radius 1 is 1.00 bits per heavy atom. The van der Waals surface area contributed by atoms with Crippen molar-refractivity contribution >= 4 is 5.78 Å². The largest absolute Gasteiger partial charge is 0.497 e. The Hall–Kier alpha value is -2.62. The summed E-state index contributed by atoms with van der Waals surface area (Å²) in [5.74, 6) is 0.691. The molecule has 0 aliphatic rings. The second kappa shape index (κ2) is 6.52. The molecule has 0 fully saturated rings. The fraction of sp³-hybridized carbons (Fsp3) is 0.0625. The van der Waals surface area contributed by atoms with E-state index in [1.54, 1.807) is 31.4 Å². The number of carbonyl (C=O) groups is 1. The van der Waals surface area contributed by atoms with Crippen LogP contribution in [0.2, 0.25) is 0 Å². The Morgan fingerprint density at radius 3 is 2.20 bits per heavy atom. The number of methoxy groups -OCH3 is 1. The van der Waals surface area contributed by atoms with E-state index in [4.69, 9.17) is 9.47 Å². The maximum atomic E-state index is 12.7. The number of ether oxygens (including phenoxy) is 2. The third-order valence-electron chi connectivity index (χ3n) is 2.61. The van der Waals surface area contributed by atoms with Gasteiger partial charge in [0.05, 0.1) is 13.4 Å². The van der Waals surface area contributed by atoms with Gasteiger partial charge >= 0.3 is 0 Å². The topological polar surface area (TPSA) is 35.5 Å². The van der Waals surface area contributed by atoms with Gasteiger partial charge in [0.15, 0.2) is 5.78 Å². The molecule has 0 atom stereocenters. The number of carbonyl (C=O) groups excluding carboxylic acids is 1. The van der Waals surface area contributed by atoms with Crippen molar-refractivity contribution in [2.75, 3.05) is 7.11 Å². The Labute approximate surface area is 116 Å². The van der Waals surface area contributed by atoms with Gasteiger partial charge in [0.1, 0.15) is 17.3 Å². The number of allylic oxidation sites excluding steroid dienone is 1. The molecule has 0 N–H and O–H groups in total. The molecule has 2 aromatic carbocycles. The molecule has 102 valence electrons. The van der Waals surface area contributed by atoms with Crippen LogP contribution in [0.15, 0.2) is 60.9 Å². The lowest BCUT2D eigenvalue weighted by Crippen LogP contribution is -1.95. The summed E-state index contributed by atoms with van der Waals surface area (Å²) in [4.78, 5) is 11.7. The molecule has 3 nitrogen and oxygen atoms in total. The zero-order valence-corrected chi connectivity index (χ0v) is 10.9. The quantitative estimate of drug-likeness (QED) is 0.474. The van der Waals surface area contributed by atoms with Gasteiger partial charge in [-0.2, -0.15) is 0 Å². The predicted molar refractivity (Wildman–Crippen MR) is 73.5 cm³/mol. The number of ketones is 1. The lowest BCUT2D eigenvalue weighted by atomic mass is 10.1. The summed E-state index contributed by atoms with van der Waals surface area (Å²) in [6, 6.07) is 12.3. The smallest absolute Gasteiger partial charge is 0.188 e. The molecular formula is C16H13FO3. The van der Waals surface area contributed by atoms with Gasteiger partial charge in [-0.25, -0.2) is 4.39 Å². The molecule has 20 heavy (non-hydrogen) atoms. The summed E-state index contributed by atoms with van der Waals surface area (Å²) >= 11 is 0. The third kappa shape index (κ3) is 3.68. The SMILES string of the molecule is COc1ccc(OC=CC(=O)c2ccc(F)cc2)cc1. The molecule has 0 aliphatic heterocycles. The van der Waals surface area contributed by atoms with Crippen LogP contribution in [-0.2, 0) is 0 Å².